The topological polar surface area (TPSA) is 34.0 Å². The summed E-state index contributed by atoms with van der Waals surface area (Å²) in [6.45, 7) is 2.58. The van der Waals surface area contributed by atoms with Gasteiger partial charge >= 0.3 is 7.26 Å². The number of hydrogen-bond acceptors (Lipinski definition) is 2. The van der Waals surface area contributed by atoms with Crippen molar-refractivity contribution in [2.75, 3.05) is 6.54 Å². The van der Waals surface area contributed by atoms with Crippen molar-refractivity contribution in [3.8, 4) is 0 Å². The number of aromatic nitrogens is 1. The minimum Gasteiger partial charge on any atom is -0.330 e. The molecular formula is C22H20BFN3S+. The molecule has 2 aliphatic rings. The highest BCUT2D eigenvalue weighted by atomic mass is 32.1. The highest BCUT2D eigenvalue weighted by molar-refractivity contribution is 7.17. The van der Waals surface area contributed by atoms with E-state index in [2.05, 4.69) is 41.8 Å². The van der Waals surface area contributed by atoms with E-state index in [0.717, 1.165) is 40.2 Å². The first-order valence-corrected chi connectivity index (χ1v) is 10.3. The third-order valence-corrected chi connectivity index (χ3v) is 6.39. The Bertz CT molecular complexity index is 1210. The molecule has 138 valence electrons. The van der Waals surface area contributed by atoms with Gasteiger partial charge in [-0.2, -0.15) is 0 Å². The predicted molar refractivity (Wildman–Crippen MR) is 118 cm³/mol. The Labute approximate surface area is 167 Å². The number of nitrogens with zero attached hydrogens (tertiary/aromatic N) is 2. The van der Waals surface area contributed by atoms with E-state index >= 15 is 4.32 Å². The Morgan fingerprint density at radius 3 is 3.00 bits per heavy atom. The first-order chi connectivity index (χ1) is 13.7. The number of fused-ring (bicyclic) bond motifs is 3. The van der Waals surface area contributed by atoms with Crippen LogP contribution in [-0.4, -0.2) is 29.0 Å². The molecule has 3 aromatic rings. The number of rotatable bonds is 4. The Balaban J connectivity index is 1.63. The highest BCUT2D eigenvalue weighted by Gasteiger charge is 2.48. The second-order valence-electron chi connectivity index (χ2n) is 7.12. The first kappa shape index (κ1) is 17.4. The lowest BCUT2D eigenvalue weighted by molar-refractivity contribution is -0.329. The van der Waals surface area contributed by atoms with Gasteiger partial charge in [0.25, 0.3) is 0 Å². The third kappa shape index (κ3) is 2.56. The van der Waals surface area contributed by atoms with Crippen LogP contribution in [0.2, 0.25) is 0 Å². The minimum atomic E-state index is -1.26. The van der Waals surface area contributed by atoms with Crippen LogP contribution in [0.25, 0.3) is 27.8 Å². The molecule has 1 aromatic carbocycles. The van der Waals surface area contributed by atoms with Gasteiger partial charge in [-0.05, 0) is 60.0 Å². The summed E-state index contributed by atoms with van der Waals surface area (Å²) < 4.78 is 20.2. The lowest BCUT2D eigenvalue weighted by atomic mass is 9.91. The van der Waals surface area contributed by atoms with Crippen molar-refractivity contribution >= 4 is 52.6 Å². The highest BCUT2D eigenvalue weighted by Crippen LogP contribution is 2.36. The number of allylic oxidation sites excluding steroid dienone is 2. The first-order valence-electron chi connectivity index (χ1n) is 9.42. The van der Waals surface area contributed by atoms with E-state index in [1.165, 1.54) is 10.1 Å². The van der Waals surface area contributed by atoms with Crippen LogP contribution in [0.1, 0.15) is 28.9 Å². The van der Waals surface area contributed by atoms with Crippen LogP contribution in [0.15, 0.2) is 53.6 Å². The number of thiophene rings is 1. The van der Waals surface area contributed by atoms with Gasteiger partial charge in [0.15, 0.2) is 5.70 Å². The second kappa shape index (κ2) is 6.72. The fourth-order valence-electron chi connectivity index (χ4n) is 4.19. The number of nitrogens with two attached hydrogens (primary N) is 1. The smallest absolute Gasteiger partial charge is 0.330 e. The summed E-state index contributed by atoms with van der Waals surface area (Å²) in [7, 11) is -1.26. The van der Waals surface area contributed by atoms with Crippen LogP contribution in [-0.2, 0) is 0 Å². The summed E-state index contributed by atoms with van der Waals surface area (Å²) in [5, 5.41) is 3.38. The molecule has 0 amide bonds. The summed E-state index contributed by atoms with van der Waals surface area (Å²) in [5.41, 5.74) is 12.0. The number of halogens is 1. The molecule has 0 bridgehead atoms. The van der Waals surface area contributed by atoms with Crippen LogP contribution in [0.4, 0.5) is 4.32 Å². The lowest BCUT2D eigenvalue weighted by Gasteiger charge is -2.19. The Kier molecular flexibility index (Phi) is 4.18. The van der Waals surface area contributed by atoms with Gasteiger partial charge in [-0.3, -0.25) is 4.48 Å². The zero-order chi connectivity index (χ0) is 19.3. The molecule has 2 N–H and O–H groups in total. The van der Waals surface area contributed by atoms with E-state index < -0.39 is 7.26 Å². The van der Waals surface area contributed by atoms with Crippen molar-refractivity contribution in [1.82, 2.24) is 4.48 Å². The molecule has 0 saturated carbocycles. The van der Waals surface area contributed by atoms with Crippen molar-refractivity contribution in [1.29, 1.82) is 0 Å². The van der Waals surface area contributed by atoms with Gasteiger partial charge in [0.05, 0.1) is 5.69 Å². The summed E-state index contributed by atoms with van der Waals surface area (Å²) in [5.74, 6) is 0. The van der Waals surface area contributed by atoms with E-state index in [-0.39, 0.29) is 0 Å². The fraction of sp³-hybridized carbons (Fsp3) is 0.136. The molecule has 5 rings (SSSR count). The maximum atomic E-state index is 15.5. The molecule has 0 unspecified atom stereocenters. The molecule has 0 atom stereocenters. The molecule has 0 radical (unpaired) electrons. The average Bonchev–Trinajstić information content (AvgIpc) is 3.41. The van der Waals surface area contributed by atoms with Crippen molar-refractivity contribution in [3.63, 3.8) is 0 Å². The molecule has 2 aromatic heterocycles. The van der Waals surface area contributed by atoms with E-state index in [1.807, 2.05) is 25.2 Å². The molecule has 6 heteroatoms. The average molecular weight is 388 g/mol. The monoisotopic (exact) mass is 388 g/mol. The molecule has 2 aliphatic heterocycles. The van der Waals surface area contributed by atoms with Crippen LogP contribution < -0.4 is 5.73 Å². The Morgan fingerprint density at radius 2 is 2.14 bits per heavy atom. The Hall–Kier alpha value is -2.70. The summed E-state index contributed by atoms with van der Waals surface area (Å²) in [6.07, 6.45) is 10.5. The zero-order valence-electron chi connectivity index (χ0n) is 15.6. The van der Waals surface area contributed by atoms with Gasteiger partial charge < -0.3 is 5.73 Å². The Morgan fingerprint density at radius 1 is 1.29 bits per heavy atom. The quantitative estimate of drug-likeness (QED) is 0.646. The van der Waals surface area contributed by atoms with E-state index in [4.69, 9.17) is 5.73 Å². The van der Waals surface area contributed by atoms with Gasteiger partial charge in [0.2, 0.25) is 0 Å². The second-order valence-corrected chi connectivity index (χ2v) is 8.03. The number of aryl methyl sites for hydroxylation is 1. The molecular weight excluding hydrogens is 368 g/mol. The number of benzene rings is 1. The van der Waals surface area contributed by atoms with Gasteiger partial charge in [0.1, 0.15) is 6.21 Å². The van der Waals surface area contributed by atoms with Crippen molar-refractivity contribution < 1.29 is 8.80 Å². The van der Waals surface area contributed by atoms with Crippen LogP contribution in [0.5, 0.6) is 0 Å². The largest absolute Gasteiger partial charge is 0.846 e. The van der Waals surface area contributed by atoms with Crippen LogP contribution in [0.3, 0.4) is 0 Å². The summed E-state index contributed by atoms with van der Waals surface area (Å²) in [4.78, 5) is 0. The molecule has 0 fully saturated rings. The van der Waals surface area contributed by atoms with Gasteiger partial charge in [0, 0.05) is 28.1 Å². The van der Waals surface area contributed by atoms with Gasteiger partial charge in [-0.25, -0.2) is 8.80 Å². The third-order valence-electron chi connectivity index (χ3n) is 5.41. The van der Waals surface area contributed by atoms with E-state index in [0.29, 0.717) is 6.54 Å². The maximum absolute atomic E-state index is 15.5. The van der Waals surface area contributed by atoms with Crippen LogP contribution in [0, 0.1) is 6.92 Å². The standard InChI is InChI=1S/C22H20BFN3S/c1-15-13-17(9-8-16-14-28-21-7-3-2-5-18(16)21)27-22(15)19(10-11-25)20-6-4-12-26(20)23(27)24/h2-9,12-14H,10-11,25H2,1H3/q+1/b9-8+. The van der Waals surface area contributed by atoms with Crippen molar-refractivity contribution in [2.45, 2.75) is 13.3 Å². The molecule has 28 heavy (non-hydrogen) atoms. The van der Waals surface area contributed by atoms with E-state index in [9.17, 15) is 0 Å². The van der Waals surface area contributed by atoms with Crippen molar-refractivity contribution in [3.05, 3.63) is 76.1 Å². The van der Waals surface area contributed by atoms with Crippen LogP contribution >= 0.6 is 11.3 Å². The SMILES string of the molecule is Cc1cc(/C=C/c2csc3ccccc23)n2c1C(CCN)=C1C=CC=[N+]1B2F. The maximum Gasteiger partial charge on any atom is 0.846 e. The van der Waals surface area contributed by atoms with Gasteiger partial charge in [-0.15, -0.1) is 11.3 Å². The lowest BCUT2D eigenvalue weighted by Crippen LogP contribution is -2.39. The predicted octanol–water partition coefficient (Wildman–Crippen LogP) is 4.71. The van der Waals surface area contributed by atoms with E-state index in [1.54, 1.807) is 26.5 Å². The summed E-state index contributed by atoms with van der Waals surface area (Å²) in [6, 6.07) is 10.4. The molecule has 0 saturated heterocycles. The molecule has 3 nitrogen and oxygen atoms in total. The normalized spacial score (nSPS) is 15.7. The van der Waals surface area contributed by atoms with Crippen molar-refractivity contribution in [2.24, 2.45) is 5.73 Å². The molecule has 4 heterocycles. The number of hydrogen-bond donors (Lipinski definition) is 1. The summed E-state index contributed by atoms with van der Waals surface area (Å²) >= 11 is 1.73. The molecule has 0 aliphatic carbocycles. The fourth-order valence-corrected chi connectivity index (χ4v) is 5.12. The molecule has 0 spiro atoms. The van der Waals surface area contributed by atoms with Gasteiger partial charge in [-0.1, -0.05) is 24.3 Å². The zero-order valence-corrected chi connectivity index (χ0v) is 16.4. The minimum absolute atomic E-state index is 0.536.